The summed E-state index contributed by atoms with van der Waals surface area (Å²) in [7, 11) is 0. The summed E-state index contributed by atoms with van der Waals surface area (Å²) >= 11 is 0. The van der Waals surface area contributed by atoms with Crippen molar-refractivity contribution in [3.05, 3.63) is 76.4 Å². The molecule has 8 heteroatoms. The zero-order chi connectivity index (χ0) is 19.2. The highest BCUT2D eigenvalue weighted by molar-refractivity contribution is 5.76. The Bertz CT molecular complexity index is 948. The predicted molar refractivity (Wildman–Crippen MR) is 97.1 cm³/mol. The van der Waals surface area contributed by atoms with Crippen molar-refractivity contribution in [1.29, 1.82) is 0 Å². The Kier molecular flexibility index (Phi) is 5.65. The zero-order valence-corrected chi connectivity index (χ0v) is 15.1. The van der Waals surface area contributed by atoms with Gasteiger partial charge in [0.25, 0.3) is 0 Å². The molecular weight excluding hydrogens is 348 g/mol. The van der Waals surface area contributed by atoms with E-state index in [1.165, 1.54) is 0 Å². The molecule has 8 nitrogen and oxygen atoms in total. The van der Waals surface area contributed by atoms with Crippen LogP contribution in [0.15, 0.2) is 58.0 Å². The van der Waals surface area contributed by atoms with Gasteiger partial charge in [-0.2, -0.15) is 4.68 Å². The van der Waals surface area contributed by atoms with Crippen molar-refractivity contribution in [2.75, 3.05) is 0 Å². The normalized spacial score (nSPS) is 11.8. The minimum absolute atomic E-state index is 0.188. The number of aryl methyl sites for hydroxylation is 1. The number of hydrogen-bond donors (Lipinski definition) is 1. The van der Waals surface area contributed by atoms with E-state index in [4.69, 9.17) is 9.15 Å². The molecule has 3 rings (SSSR count). The van der Waals surface area contributed by atoms with Gasteiger partial charge in [0.2, 0.25) is 11.8 Å². The molecule has 1 atom stereocenters. The molecule has 1 N–H and O–H groups in total. The Balaban J connectivity index is 1.53. The summed E-state index contributed by atoms with van der Waals surface area (Å²) in [6.07, 6.45) is 3.47. The van der Waals surface area contributed by atoms with Crippen LogP contribution < -0.4 is 15.8 Å². The standard InChI is InChI=1S/C19H20N4O4/c1-13(21-18(24)11-23-19(25)27-14(2)22-23)16-5-7-17(8-6-16)26-12-15-4-3-9-20-10-15/h3-10,13H,11-12H2,1-2H3,(H,21,24). The maximum atomic E-state index is 12.1. The molecule has 1 aromatic carbocycles. The van der Waals surface area contributed by atoms with Crippen molar-refractivity contribution in [2.24, 2.45) is 0 Å². The number of carbonyl (C=O) groups excluding carboxylic acids is 1. The van der Waals surface area contributed by atoms with E-state index >= 15 is 0 Å². The van der Waals surface area contributed by atoms with E-state index in [1.807, 2.05) is 43.3 Å². The van der Waals surface area contributed by atoms with Crippen LogP contribution >= 0.6 is 0 Å². The monoisotopic (exact) mass is 368 g/mol. The van der Waals surface area contributed by atoms with Gasteiger partial charge in [-0.25, -0.2) is 4.79 Å². The van der Waals surface area contributed by atoms with Gasteiger partial charge in [-0.1, -0.05) is 18.2 Å². The quantitative estimate of drug-likeness (QED) is 0.685. The Morgan fingerprint density at radius 3 is 2.70 bits per heavy atom. The molecule has 1 unspecified atom stereocenters. The van der Waals surface area contributed by atoms with Gasteiger partial charge in [0, 0.05) is 24.9 Å². The zero-order valence-electron chi connectivity index (χ0n) is 15.1. The number of ether oxygens (including phenoxy) is 1. The third-order valence-electron chi connectivity index (χ3n) is 3.89. The Morgan fingerprint density at radius 2 is 2.07 bits per heavy atom. The SMILES string of the molecule is Cc1nn(CC(=O)NC(C)c2ccc(OCc3cccnc3)cc2)c(=O)o1. The third-order valence-corrected chi connectivity index (χ3v) is 3.89. The molecule has 0 saturated carbocycles. The van der Waals surface area contributed by atoms with Crippen LogP contribution in [0.3, 0.4) is 0 Å². The van der Waals surface area contributed by atoms with Crippen molar-refractivity contribution in [2.45, 2.75) is 33.0 Å². The van der Waals surface area contributed by atoms with Crippen molar-refractivity contribution in [3.63, 3.8) is 0 Å². The largest absolute Gasteiger partial charge is 0.489 e. The van der Waals surface area contributed by atoms with Gasteiger partial charge in [0.15, 0.2) is 0 Å². The van der Waals surface area contributed by atoms with Gasteiger partial charge in [0.1, 0.15) is 18.9 Å². The van der Waals surface area contributed by atoms with Gasteiger partial charge in [-0.15, -0.1) is 5.10 Å². The number of aromatic nitrogens is 3. The number of nitrogens with zero attached hydrogens (tertiary/aromatic N) is 3. The molecule has 2 aromatic heterocycles. The fraction of sp³-hybridized carbons (Fsp3) is 0.263. The predicted octanol–water partition coefficient (Wildman–Crippen LogP) is 2.00. The molecule has 27 heavy (non-hydrogen) atoms. The number of nitrogens with one attached hydrogen (secondary N) is 1. The number of benzene rings is 1. The summed E-state index contributed by atoms with van der Waals surface area (Å²) in [6, 6.07) is 11.0. The number of pyridine rings is 1. The molecule has 0 spiro atoms. The van der Waals surface area contributed by atoms with E-state index in [-0.39, 0.29) is 24.4 Å². The first-order valence-corrected chi connectivity index (χ1v) is 8.47. The molecule has 0 bridgehead atoms. The summed E-state index contributed by atoms with van der Waals surface area (Å²) in [4.78, 5) is 27.6. The van der Waals surface area contributed by atoms with Crippen molar-refractivity contribution in [1.82, 2.24) is 20.1 Å². The van der Waals surface area contributed by atoms with Crippen LogP contribution in [0.25, 0.3) is 0 Å². The highest BCUT2D eigenvalue weighted by atomic mass is 16.5. The van der Waals surface area contributed by atoms with E-state index in [9.17, 15) is 9.59 Å². The first-order valence-electron chi connectivity index (χ1n) is 8.47. The lowest BCUT2D eigenvalue weighted by Gasteiger charge is -2.15. The van der Waals surface area contributed by atoms with Crippen LogP contribution in [0.5, 0.6) is 5.75 Å². The number of amides is 1. The summed E-state index contributed by atoms with van der Waals surface area (Å²) in [5.74, 6) is -0.0197. The molecular formula is C19H20N4O4. The minimum Gasteiger partial charge on any atom is -0.489 e. The molecule has 140 valence electrons. The summed E-state index contributed by atoms with van der Waals surface area (Å²) in [5, 5.41) is 6.67. The maximum Gasteiger partial charge on any atom is 0.437 e. The molecule has 1 amide bonds. The lowest BCUT2D eigenvalue weighted by atomic mass is 10.1. The topological polar surface area (TPSA) is 99.3 Å². The maximum absolute atomic E-state index is 12.1. The van der Waals surface area contributed by atoms with Crippen LogP contribution in [0.1, 0.15) is 30.0 Å². The average Bonchev–Trinajstić information content (AvgIpc) is 2.98. The van der Waals surface area contributed by atoms with Gasteiger partial charge in [-0.3, -0.25) is 9.78 Å². The van der Waals surface area contributed by atoms with E-state index in [1.54, 1.807) is 19.3 Å². The van der Waals surface area contributed by atoms with Crippen LogP contribution in [0.4, 0.5) is 0 Å². The fourth-order valence-corrected chi connectivity index (χ4v) is 2.52. The highest BCUT2D eigenvalue weighted by Crippen LogP contribution is 2.18. The van der Waals surface area contributed by atoms with E-state index in [2.05, 4.69) is 15.4 Å². The van der Waals surface area contributed by atoms with Gasteiger partial charge >= 0.3 is 5.76 Å². The highest BCUT2D eigenvalue weighted by Gasteiger charge is 2.13. The van der Waals surface area contributed by atoms with Crippen LogP contribution in [0.2, 0.25) is 0 Å². The second kappa shape index (κ2) is 8.31. The smallest absolute Gasteiger partial charge is 0.437 e. The second-order valence-electron chi connectivity index (χ2n) is 6.05. The first-order chi connectivity index (χ1) is 13.0. The second-order valence-corrected chi connectivity index (χ2v) is 6.05. The Labute approximate surface area is 155 Å². The summed E-state index contributed by atoms with van der Waals surface area (Å²) in [5.41, 5.74) is 1.90. The molecule has 0 fully saturated rings. The minimum atomic E-state index is -0.648. The van der Waals surface area contributed by atoms with Gasteiger partial charge in [0.05, 0.1) is 6.04 Å². The van der Waals surface area contributed by atoms with Crippen LogP contribution in [-0.4, -0.2) is 20.7 Å². The number of carbonyl (C=O) groups is 1. The first kappa shape index (κ1) is 18.4. The van der Waals surface area contributed by atoms with Crippen molar-refractivity contribution in [3.8, 4) is 5.75 Å². The molecule has 0 aliphatic heterocycles. The molecule has 3 aromatic rings. The summed E-state index contributed by atoms with van der Waals surface area (Å²) in [6.45, 7) is 3.66. The van der Waals surface area contributed by atoms with Crippen LogP contribution in [-0.2, 0) is 17.9 Å². The van der Waals surface area contributed by atoms with E-state index < -0.39 is 5.76 Å². The van der Waals surface area contributed by atoms with Gasteiger partial charge < -0.3 is 14.5 Å². The molecule has 0 radical (unpaired) electrons. The Morgan fingerprint density at radius 1 is 1.30 bits per heavy atom. The van der Waals surface area contributed by atoms with Crippen molar-refractivity contribution < 1.29 is 13.9 Å². The number of hydrogen-bond acceptors (Lipinski definition) is 6. The summed E-state index contributed by atoms with van der Waals surface area (Å²) < 4.78 is 11.5. The molecule has 0 aliphatic rings. The Hall–Kier alpha value is -3.42. The average molecular weight is 368 g/mol. The van der Waals surface area contributed by atoms with E-state index in [0.29, 0.717) is 6.61 Å². The molecule has 0 saturated heterocycles. The molecule has 0 aliphatic carbocycles. The van der Waals surface area contributed by atoms with Crippen LogP contribution in [0, 0.1) is 6.92 Å². The van der Waals surface area contributed by atoms with Crippen molar-refractivity contribution >= 4 is 5.91 Å². The molecule has 2 heterocycles. The third kappa shape index (κ3) is 5.04. The van der Waals surface area contributed by atoms with E-state index in [0.717, 1.165) is 21.6 Å². The lowest BCUT2D eigenvalue weighted by molar-refractivity contribution is -0.122. The fourth-order valence-electron chi connectivity index (χ4n) is 2.52. The lowest BCUT2D eigenvalue weighted by Crippen LogP contribution is -2.33. The number of rotatable bonds is 7. The van der Waals surface area contributed by atoms with Gasteiger partial charge in [-0.05, 0) is 30.7 Å².